The predicted octanol–water partition coefficient (Wildman–Crippen LogP) is 1.94. The molecular formula is C22H21N5O4S. The second kappa shape index (κ2) is 7.49. The van der Waals surface area contributed by atoms with E-state index in [0.29, 0.717) is 23.1 Å². The summed E-state index contributed by atoms with van der Waals surface area (Å²) in [6, 6.07) is 12.6. The second-order valence-corrected chi connectivity index (χ2v) is 9.61. The van der Waals surface area contributed by atoms with Crippen LogP contribution in [0.25, 0.3) is 16.6 Å². The third kappa shape index (κ3) is 3.14. The molecule has 0 spiro atoms. The van der Waals surface area contributed by atoms with Gasteiger partial charge in [0.15, 0.2) is 0 Å². The molecule has 0 amide bonds. The lowest BCUT2D eigenvalue weighted by Gasteiger charge is -2.22. The minimum Gasteiger partial charge on any atom is -0.306 e. The fourth-order valence-electron chi connectivity index (χ4n) is 4.17. The van der Waals surface area contributed by atoms with E-state index in [0.717, 1.165) is 29.5 Å². The number of H-pyrrole nitrogens is 1. The molecule has 1 aliphatic heterocycles. The highest BCUT2D eigenvalue weighted by atomic mass is 32.2. The molecule has 0 saturated heterocycles. The average Bonchev–Trinajstić information content (AvgIpc) is 3.00. The number of aromatic nitrogens is 4. The van der Waals surface area contributed by atoms with Crippen molar-refractivity contribution in [3.8, 4) is 5.69 Å². The van der Waals surface area contributed by atoms with Gasteiger partial charge in [0.2, 0.25) is 0 Å². The Hall–Kier alpha value is -3.66. The molecule has 0 saturated carbocycles. The molecule has 10 heteroatoms. The molecule has 9 nitrogen and oxygen atoms in total. The first-order chi connectivity index (χ1) is 15.4. The highest BCUT2D eigenvalue weighted by Gasteiger charge is 2.30. The second-order valence-electron chi connectivity index (χ2n) is 7.75. The van der Waals surface area contributed by atoms with Crippen molar-refractivity contribution in [1.82, 2.24) is 19.3 Å². The Bertz CT molecular complexity index is 1570. The Balaban J connectivity index is 1.65. The predicted molar refractivity (Wildman–Crippen MR) is 121 cm³/mol. The molecule has 3 heterocycles. The van der Waals surface area contributed by atoms with Gasteiger partial charge in [0.25, 0.3) is 15.6 Å². The number of sulfonamides is 1. The fourth-order valence-corrected chi connectivity index (χ4v) is 5.73. The number of para-hydroxylation sites is 1. The summed E-state index contributed by atoms with van der Waals surface area (Å²) in [5.41, 5.74) is 0.900. The number of nitrogens with zero attached hydrogens (tertiary/aromatic N) is 4. The minimum absolute atomic E-state index is 0.00571. The molecule has 32 heavy (non-hydrogen) atoms. The SMILES string of the molecule is Cn1ncc2c1CCCCN2S(=O)(=O)c1cccc(-n2c(=O)[nH]c3ccccc3c2=O)c1. The van der Waals surface area contributed by atoms with E-state index in [9.17, 15) is 18.0 Å². The van der Waals surface area contributed by atoms with Crippen molar-refractivity contribution in [2.45, 2.75) is 24.2 Å². The van der Waals surface area contributed by atoms with Crippen molar-refractivity contribution >= 4 is 26.6 Å². The number of anilines is 1. The first-order valence-corrected chi connectivity index (χ1v) is 11.7. The van der Waals surface area contributed by atoms with Crippen LogP contribution in [0.2, 0.25) is 0 Å². The molecule has 1 aliphatic rings. The van der Waals surface area contributed by atoms with Gasteiger partial charge in [0.1, 0.15) is 0 Å². The molecule has 0 aliphatic carbocycles. The number of aryl methyl sites for hydroxylation is 1. The van der Waals surface area contributed by atoms with Gasteiger partial charge in [-0.05, 0) is 49.6 Å². The fraction of sp³-hybridized carbons (Fsp3) is 0.227. The number of nitrogens with one attached hydrogen (secondary N) is 1. The van der Waals surface area contributed by atoms with Crippen molar-refractivity contribution in [1.29, 1.82) is 0 Å². The lowest BCUT2D eigenvalue weighted by Crippen LogP contribution is -2.34. The summed E-state index contributed by atoms with van der Waals surface area (Å²) in [4.78, 5) is 28.3. The van der Waals surface area contributed by atoms with E-state index in [-0.39, 0.29) is 10.6 Å². The van der Waals surface area contributed by atoms with E-state index in [4.69, 9.17) is 0 Å². The van der Waals surface area contributed by atoms with Gasteiger partial charge in [-0.15, -0.1) is 0 Å². The third-order valence-corrected chi connectivity index (χ3v) is 7.61. The molecule has 0 bridgehead atoms. The summed E-state index contributed by atoms with van der Waals surface area (Å²) >= 11 is 0. The van der Waals surface area contributed by atoms with Gasteiger partial charge in [-0.3, -0.25) is 13.8 Å². The summed E-state index contributed by atoms with van der Waals surface area (Å²) in [5.74, 6) is 0. The van der Waals surface area contributed by atoms with Gasteiger partial charge in [-0.1, -0.05) is 18.2 Å². The van der Waals surface area contributed by atoms with E-state index in [2.05, 4.69) is 10.1 Å². The van der Waals surface area contributed by atoms with Crippen molar-refractivity contribution in [3.63, 3.8) is 0 Å². The first-order valence-electron chi connectivity index (χ1n) is 10.3. The average molecular weight is 452 g/mol. The maximum atomic E-state index is 13.6. The van der Waals surface area contributed by atoms with Crippen molar-refractivity contribution < 1.29 is 8.42 Å². The summed E-state index contributed by atoms with van der Waals surface area (Å²) in [6.45, 7) is 0.335. The Labute approximate surface area is 183 Å². The molecule has 0 atom stereocenters. The Morgan fingerprint density at radius 1 is 1.03 bits per heavy atom. The zero-order chi connectivity index (χ0) is 22.5. The molecule has 164 valence electrons. The van der Waals surface area contributed by atoms with Crippen LogP contribution in [0.4, 0.5) is 5.69 Å². The number of aromatic amines is 1. The lowest BCUT2D eigenvalue weighted by atomic mass is 10.2. The standard InChI is InChI=1S/C22H21N5O4S/c1-25-19-11-4-5-12-26(20(19)14-23-25)32(30,31)16-8-6-7-15(13-16)27-21(28)17-9-2-3-10-18(17)24-22(27)29/h2-3,6-10,13-14H,4-5,11-12H2,1H3,(H,24,29). The van der Waals surface area contributed by atoms with E-state index in [1.54, 1.807) is 48.3 Å². The van der Waals surface area contributed by atoms with Crippen molar-refractivity contribution in [2.24, 2.45) is 7.05 Å². The smallest absolute Gasteiger partial charge is 0.306 e. The Kier molecular flexibility index (Phi) is 4.74. The molecule has 4 aromatic rings. The minimum atomic E-state index is -3.93. The highest BCUT2D eigenvalue weighted by molar-refractivity contribution is 7.92. The molecular weight excluding hydrogens is 430 g/mol. The normalized spacial score (nSPS) is 14.3. The van der Waals surface area contributed by atoms with Crippen molar-refractivity contribution in [3.05, 3.63) is 81.3 Å². The lowest BCUT2D eigenvalue weighted by molar-refractivity contribution is 0.589. The van der Waals surface area contributed by atoms with Gasteiger partial charge in [0.05, 0.1) is 39.1 Å². The van der Waals surface area contributed by atoms with Gasteiger partial charge in [-0.25, -0.2) is 17.8 Å². The molecule has 0 fully saturated rings. The molecule has 5 rings (SSSR count). The van der Waals surface area contributed by atoms with Crippen LogP contribution in [0.15, 0.2) is 69.2 Å². The maximum Gasteiger partial charge on any atom is 0.333 e. The summed E-state index contributed by atoms with van der Waals surface area (Å²) in [5, 5.41) is 4.57. The first kappa shape index (κ1) is 20.3. The van der Waals surface area contributed by atoms with Crippen LogP contribution in [-0.4, -0.2) is 34.3 Å². The van der Waals surface area contributed by atoms with Gasteiger partial charge in [0, 0.05) is 13.6 Å². The number of hydrogen-bond donors (Lipinski definition) is 1. The zero-order valence-corrected chi connectivity index (χ0v) is 18.2. The van der Waals surface area contributed by atoms with Gasteiger partial charge < -0.3 is 4.98 Å². The van der Waals surface area contributed by atoms with E-state index in [1.165, 1.54) is 22.5 Å². The van der Waals surface area contributed by atoms with Crippen LogP contribution in [0.1, 0.15) is 18.5 Å². The number of rotatable bonds is 3. The Morgan fingerprint density at radius 2 is 1.84 bits per heavy atom. The maximum absolute atomic E-state index is 13.6. The van der Waals surface area contributed by atoms with Crippen LogP contribution in [0.3, 0.4) is 0 Å². The summed E-state index contributed by atoms with van der Waals surface area (Å²) < 4.78 is 31.2. The highest BCUT2D eigenvalue weighted by Crippen LogP contribution is 2.31. The monoisotopic (exact) mass is 451 g/mol. The topological polar surface area (TPSA) is 110 Å². The van der Waals surface area contributed by atoms with Crippen LogP contribution < -0.4 is 15.6 Å². The molecule has 0 unspecified atom stereocenters. The number of fused-ring (bicyclic) bond motifs is 2. The summed E-state index contributed by atoms with van der Waals surface area (Å²) in [6.07, 6.45) is 3.90. The van der Waals surface area contributed by atoms with Crippen LogP contribution in [-0.2, 0) is 23.5 Å². The van der Waals surface area contributed by atoms with E-state index in [1.807, 2.05) is 0 Å². The molecule has 1 N–H and O–H groups in total. The molecule has 2 aromatic carbocycles. The van der Waals surface area contributed by atoms with Crippen LogP contribution >= 0.6 is 0 Å². The quantitative estimate of drug-likeness (QED) is 0.512. The van der Waals surface area contributed by atoms with Crippen LogP contribution in [0, 0.1) is 0 Å². The van der Waals surface area contributed by atoms with Crippen molar-refractivity contribution in [2.75, 3.05) is 10.8 Å². The number of benzene rings is 2. The Morgan fingerprint density at radius 3 is 2.69 bits per heavy atom. The van der Waals surface area contributed by atoms with Gasteiger partial charge in [-0.2, -0.15) is 5.10 Å². The zero-order valence-electron chi connectivity index (χ0n) is 17.4. The largest absolute Gasteiger partial charge is 0.333 e. The number of hydrogen-bond acceptors (Lipinski definition) is 5. The van der Waals surface area contributed by atoms with E-state index >= 15 is 0 Å². The molecule has 0 radical (unpaired) electrons. The van der Waals surface area contributed by atoms with Gasteiger partial charge >= 0.3 is 5.69 Å². The third-order valence-electron chi connectivity index (χ3n) is 5.80. The summed E-state index contributed by atoms with van der Waals surface area (Å²) in [7, 11) is -2.13. The molecule has 2 aromatic heterocycles. The van der Waals surface area contributed by atoms with E-state index < -0.39 is 21.3 Å². The van der Waals surface area contributed by atoms with Crippen LogP contribution in [0.5, 0.6) is 0 Å².